The number of nitrogens with zero attached hydrogens (tertiary/aromatic N) is 4. The van der Waals surface area contributed by atoms with Crippen LogP contribution in [0.25, 0.3) is 32.4 Å². The van der Waals surface area contributed by atoms with Gasteiger partial charge in [-0.1, -0.05) is 12.1 Å². The lowest BCUT2D eigenvalue weighted by molar-refractivity contribution is 0.311. The zero-order chi connectivity index (χ0) is 14.9. The Morgan fingerprint density at radius 3 is 3.00 bits per heavy atom. The van der Waals surface area contributed by atoms with E-state index in [1.807, 2.05) is 29.6 Å². The van der Waals surface area contributed by atoms with Crippen LogP contribution in [0.1, 0.15) is 0 Å². The van der Waals surface area contributed by atoms with Crippen LogP contribution in [0.4, 0.5) is 5.82 Å². The highest BCUT2D eigenvalue weighted by atomic mass is 32.1. The molecule has 0 aliphatic heterocycles. The fourth-order valence-corrected chi connectivity index (χ4v) is 3.37. The van der Waals surface area contributed by atoms with E-state index in [-0.39, 0.29) is 6.61 Å². The molecule has 3 heterocycles. The monoisotopic (exact) mass is 312 g/mol. The van der Waals surface area contributed by atoms with Crippen molar-refractivity contribution in [3.63, 3.8) is 0 Å². The second-order valence-corrected chi connectivity index (χ2v) is 5.67. The van der Waals surface area contributed by atoms with E-state index in [1.165, 1.54) is 4.70 Å². The minimum absolute atomic E-state index is 0.0646. The summed E-state index contributed by atoms with van der Waals surface area (Å²) >= 11 is 1.68. The summed E-state index contributed by atoms with van der Waals surface area (Å²) in [6.45, 7) is 0.532. The molecular formula is C14H12N6OS. The second kappa shape index (κ2) is 5.32. The largest absolute Gasteiger partial charge is 0.395 e. The number of pyridine rings is 1. The van der Waals surface area contributed by atoms with Crippen molar-refractivity contribution >= 4 is 38.1 Å². The Hall–Kier alpha value is -2.58. The summed E-state index contributed by atoms with van der Waals surface area (Å²) in [5, 5.41) is 30.3. The van der Waals surface area contributed by atoms with Gasteiger partial charge in [-0.05, 0) is 27.9 Å². The van der Waals surface area contributed by atoms with Gasteiger partial charge >= 0.3 is 0 Å². The number of anilines is 1. The maximum absolute atomic E-state index is 9.02. The number of aliphatic hydroxyl groups is 1. The molecule has 0 spiro atoms. The molecule has 3 N–H and O–H groups in total. The van der Waals surface area contributed by atoms with Gasteiger partial charge in [0.05, 0.1) is 12.1 Å². The molecule has 0 saturated carbocycles. The minimum atomic E-state index is 0.0646. The number of tetrazole rings is 1. The van der Waals surface area contributed by atoms with Crippen LogP contribution in [0.15, 0.2) is 29.6 Å². The van der Waals surface area contributed by atoms with E-state index in [2.05, 4.69) is 30.9 Å². The molecule has 0 radical (unpaired) electrons. The Morgan fingerprint density at radius 1 is 1.23 bits per heavy atom. The van der Waals surface area contributed by atoms with Crippen molar-refractivity contribution in [2.24, 2.45) is 0 Å². The first-order chi connectivity index (χ1) is 10.9. The van der Waals surface area contributed by atoms with E-state index in [4.69, 9.17) is 5.11 Å². The Kier molecular flexibility index (Phi) is 3.17. The van der Waals surface area contributed by atoms with Crippen LogP contribution in [-0.4, -0.2) is 43.9 Å². The normalized spacial score (nSPS) is 11.3. The van der Waals surface area contributed by atoms with Gasteiger partial charge < -0.3 is 10.4 Å². The van der Waals surface area contributed by atoms with Crippen molar-refractivity contribution in [2.45, 2.75) is 0 Å². The molecule has 0 aliphatic carbocycles. The molecular weight excluding hydrogens is 300 g/mol. The zero-order valence-corrected chi connectivity index (χ0v) is 12.3. The fourth-order valence-electron chi connectivity index (χ4n) is 2.44. The molecule has 0 saturated heterocycles. The topological polar surface area (TPSA) is 99.6 Å². The van der Waals surface area contributed by atoms with Gasteiger partial charge in [-0.3, -0.25) is 0 Å². The van der Waals surface area contributed by atoms with Gasteiger partial charge in [0.1, 0.15) is 5.82 Å². The lowest BCUT2D eigenvalue weighted by Crippen LogP contribution is -2.07. The lowest BCUT2D eigenvalue weighted by atomic mass is 10.1. The van der Waals surface area contributed by atoms with Gasteiger partial charge in [-0.15, -0.1) is 16.4 Å². The summed E-state index contributed by atoms with van der Waals surface area (Å²) in [7, 11) is 0. The number of hydrogen-bond donors (Lipinski definition) is 3. The third kappa shape index (κ3) is 2.09. The smallest absolute Gasteiger partial charge is 0.179 e. The predicted molar refractivity (Wildman–Crippen MR) is 85.9 cm³/mol. The van der Waals surface area contributed by atoms with E-state index < -0.39 is 0 Å². The van der Waals surface area contributed by atoms with Crippen LogP contribution in [0.5, 0.6) is 0 Å². The molecule has 4 rings (SSSR count). The van der Waals surface area contributed by atoms with Crippen molar-refractivity contribution in [2.75, 3.05) is 18.5 Å². The fraction of sp³-hybridized carbons (Fsp3) is 0.143. The van der Waals surface area contributed by atoms with Gasteiger partial charge in [0.25, 0.3) is 0 Å². The van der Waals surface area contributed by atoms with Gasteiger partial charge in [-0.25, -0.2) is 10.1 Å². The van der Waals surface area contributed by atoms with Crippen molar-refractivity contribution in [1.82, 2.24) is 25.6 Å². The maximum Gasteiger partial charge on any atom is 0.179 e. The number of H-pyrrole nitrogens is 1. The number of aliphatic hydroxyl groups excluding tert-OH is 1. The van der Waals surface area contributed by atoms with Crippen LogP contribution in [0.2, 0.25) is 0 Å². The number of thiophene rings is 1. The van der Waals surface area contributed by atoms with Crippen LogP contribution in [0.3, 0.4) is 0 Å². The van der Waals surface area contributed by atoms with E-state index in [9.17, 15) is 0 Å². The van der Waals surface area contributed by atoms with Crippen molar-refractivity contribution < 1.29 is 5.11 Å². The highest BCUT2D eigenvalue weighted by Gasteiger charge is 2.11. The number of nitrogens with one attached hydrogen (secondary N) is 2. The van der Waals surface area contributed by atoms with Crippen molar-refractivity contribution in [1.29, 1.82) is 0 Å². The standard InChI is InChI=1S/C14H12N6OS/c21-5-4-15-14-10-3-6-22-12(10)9-2-1-8(7-11(9)16-14)13-17-19-20-18-13/h1-3,6-7,21H,4-5H2,(H,15,16)(H,17,18,19,20). The quantitative estimate of drug-likeness (QED) is 0.533. The van der Waals surface area contributed by atoms with Crippen molar-refractivity contribution in [3.8, 4) is 11.4 Å². The molecule has 4 aromatic rings. The average Bonchev–Trinajstić information content (AvgIpc) is 3.23. The van der Waals surface area contributed by atoms with E-state index in [0.717, 1.165) is 27.7 Å². The zero-order valence-electron chi connectivity index (χ0n) is 11.4. The second-order valence-electron chi connectivity index (χ2n) is 4.76. The molecule has 22 heavy (non-hydrogen) atoms. The van der Waals surface area contributed by atoms with Crippen LogP contribution in [-0.2, 0) is 0 Å². The molecule has 0 aliphatic rings. The molecule has 8 heteroatoms. The summed E-state index contributed by atoms with van der Waals surface area (Å²) in [6.07, 6.45) is 0. The highest BCUT2D eigenvalue weighted by molar-refractivity contribution is 7.18. The van der Waals surface area contributed by atoms with Crippen LogP contribution in [0, 0.1) is 0 Å². The van der Waals surface area contributed by atoms with Gasteiger partial charge in [0, 0.05) is 27.6 Å². The number of fused-ring (bicyclic) bond motifs is 3. The Labute approximate surface area is 129 Å². The lowest BCUT2D eigenvalue weighted by Gasteiger charge is -2.08. The highest BCUT2D eigenvalue weighted by Crippen LogP contribution is 2.34. The predicted octanol–water partition coefficient (Wildman–Crippen LogP) is 2.03. The number of aromatic nitrogens is 5. The summed E-state index contributed by atoms with van der Waals surface area (Å²) < 4.78 is 1.17. The van der Waals surface area contributed by atoms with Crippen LogP contribution >= 0.6 is 11.3 Å². The Morgan fingerprint density at radius 2 is 2.18 bits per heavy atom. The molecule has 0 fully saturated rings. The molecule has 110 valence electrons. The Balaban J connectivity index is 1.93. The molecule has 0 bridgehead atoms. The summed E-state index contributed by atoms with van der Waals surface area (Å²) in [5.41, 5.74) is 1.75. The Bertz CT molecular complexity index is 933. The number of aromatic amines is 1. The van der Waals surface area contributed by atoms with E-state index in [1.54, 1.807) is 11.3 Å². The molecule has 3 aromatic heterocycles. The SMILES string of the molecule is OCCNc1nc2cc(-c3nnn[nH]3)ccc2c2sccc12. The van der Waals surface area contributed by atoms with Gasteiger partial charge in [0.2, 0.25) is 0 Å². The van der Waals surface area contributed by atoms with Crippen LogP contribution < -0.4 is 5.32 Å². The first-order valence-corrected chi connectivity index (χ1v) is 7.64. The molecule has 0 unspecified atom stereocenters. The number of benzene rings is 1. The summed E-state index contributed by atoms with van der Waals surface area (Å²) in [5.74, 6) is 1.39. The third-order valence-corrected chi connectivity index (χ3v) is 4.37. The third-order valence-electron chi connectivity index (χ3n) is 3.42. The average molecular weight is 312 g/mol. The molecule has 0 amide bonds. The first-order valence-electron chi connectivity index (χ1n) is 6.76. The van der Waals surface area contributed by atoms with E-state index >= 15 is 0 Å². The number of hydrogen-bond acceptors (Lipinski definition) is 7. The summed E-state index contributed by atoms with van der Waals surface area (Å²) in [4.78, 5) is 4.69. The van der Waals surface area contributed by atoms with Gasteiger partial charge in [-0.2, -0.15) is 0 Å². The minimum Gasteiger partial charge on any atom is -0.395 e. The molecule has 7 nitrogen and oxygen atoms in total. The van der Waals surface area contributed by atoms with Gasteiger partial charge in [0.15, 0.2) is 5.82 Å². The molecule has 0 atom stereocenters. The maximum atomic E-state index is 9.02. The first kappa shape index (κ1) is 13.1. The molecule has 1 aromatic carbocycles. The van der Waals surface area contributed by atoms with E-state index in [0.29, 0.717) is 12.4 Å². The van der Waals surface area contributed by atoms with Crippen molar-refractivity contribution in [3.05, 3.63) is 29.6 Å². The summed E-state index contributed by atoms with van der Waals surface area (Å²) in [6, 6.07) is 8.02. The number of rotatable bonds is 4.